The Labute approximate surface area is 154 Å². The lowest BCUT2D eigenvalue weighted by molar-refractivity contribution is 0.102. The van der Waals surface area contributed by atoms with Crippen LogP contribution in [0.1, 0.15) is 16.8 Å². The zero-order valence-electron chi connectivity index (χ0n) is 15.7. The first-order valence-electron chi connectivity index (χ1n) is 8.40. The first kappa shape index (κ1) is 19.5. The van der Waals surface area contributed by atoms with E-state index in [2.05, 4.69) is 20.5 Å². The molecule has 1 heterocycles. The number of ether oxygens (including phenoxy) is 2. The second-order valence-corrected chi connectivity index (χ2v) is 6.07. The Morgan fingerprint density at radius 2 is 1.85 bits per heavy atom. The van der Waals surface area contributed by atoms with E-state index in [4.69, 9.17) is 9.47 Å². The number of pyridine rings is 1. The van der Waals surface area contributed by atoms with Gasteiger partial charge < -0.3 is 25.0 Å². The van der Waals surface area contributed by atoms with Crippen LogP contribution < -0.4 is 20.1 Å². The Hall–Kier alpha value is -2.80. The fourth-order valence-electron chi connectivity index (χ4n) is 2.41. The average Bonchev–Trinajstić information content (AvgIpc) is 2.65. The summed E-state index contributed by atoms with van der Waals surface area (Å²) >= 11 is 0. The van der Waals surface area contributed by atoms with Gasteiger partial charge in [-0.05, 0) is 45.3 Å². The van der Waals surface area contributed by atoms with E-state index in [1.54, 1.807) is 50.9 Å². The molecule has 1 aromatic heterocycles. The molecule has 0 atom stereocenters. The van der Waals surface area contributed by atoms with E-state index in [0.717, 1.165) is 25.2 Å². The molecule has 1 aromatic carbocycles. The molecule has 0 saturated carbocycles. The number of rotatable bonds is 9. The highest BCUT2D eigenvalue weighted by Crippen LogP contribution is 2.29. The number of amides is 1. The average molecular weight is 358 g/mol. The van der Waals surface area contributed by atoms with Crippen molar-refractivity contribution in [2.24, 2.45) is 0 Å². The number of methoxy groups -OCH3 is 2. The van der Waals surface area contributed by atoms with Gasteiger partial charge in [-0.1, -0.05) is 0 Å². The van der Waals surface area contributed by atoms with Crippen molar-refractivity contribution in [1.82, 2.24) is 9.88 Å². The van der Waals surface area contributed by atoms with E-state index in [9.17, 15) is 4.79 Å². The van der Waals surface area contributed by atoms with Crippen LogP contribution in [0.5, 0.6) is 11.5 Å². The second kappa shape index (κ2) is 9.62. The minimum atomic E-state index is -0.235. The predicted molar refractivity (Wildman–Crippen MR) is 103 cm³/mol. The third-order valence-corrected chi connectivity index (χ3v) is 3.75. The van der Waals surface area contributed by atoms with Gasteiger partial charge in [-0.3, -0.25) is 9.78 Å². The highest BCUT2D eigenvalue weighted by molar-refractivity contribution is 6.04. The molecule has 26 heavy (non-hydrogen) atoms. The summed E-state index contributed by atoms with van der Waals surface area (Å²) in [5.74, 6) is 0.928. The van der Waals surface area contributed by atoms with Gasteiger partial charge in [-0.25, -0.2) is 0 Å². The number of anilines is 2. The normalized spacial score (nSPS) is 10.5. The Kier molecular flexibility index (Phi) is 7.23. The van der Waals surface area contributed by atoms with E-state index in [1.165, 1.54) is 0 Å². The zero-order valence-corrected chi connectivity index (χ0v) is 15.7. The summed E-state index contributed by atoms with van der Waals surface area (Å²) in [7, 11) is 7.21. The first-order valence-corrected chi connectivity index (χ1v) is 8.40. The number of hydrogen-bond acceptors (Lipinski definition) is 6. The molecule has 140 valence electrons. The van der Waals surface area contributed by atoms with Crippen LogP contribution in [0, 0.1) is 0 Å². The van der Waals surface area contributed by atoms with Crippen LogP contribution >= 0.6 is 0 Å². The molecule has 2 rings (SSSR count). The van der Waals surface area contributed by atoms with Crippen molar-refractivity contribution in [1.29, 1.82) is 0 Å². The Balaban J connectivity index is 2.00. The van der Waals surface area contributed by atoms with E-state index >= 15 is 0 Å². The van der Waals surface area contributed by atoms with Gasteiger partial charge in [0.2, 0.25) is 0 Å². The van der Waals surface area contributed by atoms with Crippen molar-refractivity contribution in [2.45, 2.75) is 6.42 Å². The highest BCUT2D eigenvalue weighted by atomic mass is 16.5. The molecule has 0 radical (unpaired) electrons. The number of carbonyl (C=O) groups is 1. The highest BCUT2D eigenvalue weighted by Gasteiger charge is 2.10. The van der Waals surface area contributed by atoms with Crippen LogP contribution in [0.4, 0.5) is 11.4 Å². The number of carbonyl (C=O) groups excluding carboxylic acids is 1. The van der Waals surface area contributed by atoms with Crippen LogP contribution in [0.2, 0.25) is 0 Å². The second-order valence-electron chi connectivity index (χ2n) is 6.07. The van der Waals surface area contributed by atoms with Crippen LogP contribution in [0.15, 0.2) is 36.7 Å². The molecule has 0 bridgehead atoms. The maximum atomic E-state index is 12.5. The molecule has 0 aliphatic heterocycles. The molecule has 0 fully saturated rings. The monoisotopic (exact) mass is 358 g/mol. The quantitative estimate of drug-likeness (QED) is 0.671. The van der Waals surface area contributed by atoms with Gasteiger partial charge in [0.05, 0.1) is 25.5 Å². The molecular weight excluding hydrogens is 332 g/mol. The van der Waals surface area contributed by atoms with Crippen LogP contribution in [0.25, 0.3) is 0 Å². The lowest BCUT2D eigenvalue weighted by Gasteiger charge is -2.12. The summed E-state index contributed by atoms with van der Waals surface area (Å²) in [6.07, 6.45) is 4.26. The Morgan fingerprint density at radius 3 is 2.54 bits per heavy atom. The van der Waals surface area contributed by atoms with Crippen molar-refractivity contribution in [2.75, 3.05) is 52.0 Å². The summed E-state index contributed by atoms with van der Waals surface area (Å²) in [5.41, 5.74) is 1.93. The van der Waals surface area contributed by atoms with Crippen LogP contribution in [0.3, 0.4) is 0 Å². The number of benzene rings is 1. The van der Waals surface area contributed by atoms with Gasteiger partial charge in [0.15, 0.2) is 11.5 Å². The van der Waals surface area contributed by atoms with E-state index < -0.39 is 0 Å². The SMILES string of the molecule is COc1ccc(NC(=O)c2cncc(NCCCN(C)C)c2)cc1OC. The minimum Gasteiger partial charge on any atom is -0.493 e. The Bertz CT molecular complexity index is 734. The molecule has 0 aliphatic rings. The van der Waals surface area contributed by atoms with Crippen molar-refractivity contribution in [3.8, 4) is 11.5 Å². The largest absolute Gasteiger partial charge is 0.493 e. The van der Waals surface area contributed by atoms with Gasteiger partial charge in [-0.15, -0.1) is 0 Å². The number of hydrogen-bond donors (Lipinski definition) is 2. The third-order valence-electron chi connectivity index (χ3n) is 3.75. The van der Waals surface area contributed by atoms with Crippen molar-refractivity contribution in [3.63, 3.8) is 0 Å². The number of aromatic nitrogens is 1. The summed E-state index contributed by atoms with van der Waals surface area (Å²) in [5, 5.41) is 6.13. The van der Waals surface area contributed by atoms with Gasteiger partial charge in [-0.2, -0.15) is 0 Å². The molecule has 2 N–H and O–H groups in total. The summed E-state index contributed by atoms with van der Waals surface area (Å²) < 4.78 is 10.5. The minimum absolute atomic E-state index is 0.235. The molecular formula is C19H26N4O3. The van der Waals surface area contributed by atoms with Gasteiger partial charge in [0.1, 0.15) is 0 Å². The first-order chi connectivity index (χ1) is 12.5. The van der Waals surface area contributed by atoms with Gasteiger partial charge in [0, 0.05) is 30.7 Å². The van der Waals surface area contributed by atoms with Crippen molar-refractivity contribution < 1.29 is 14.3 Å². The van der Waals surface area contributed by atoms with Gasteiger partial charge >= 0.3 is 0 Å². The zero-order chi connectivity index (χ0) is 18.9. The fourth-order valence-corrected chi connectivity index (χ4v) is 2.41. The molecule has 0 aliphatic carbocycles. The molecule has 7 nitrogen and oxygen atoms in total. The molecule has 0 saturated heterocycles. The van der Waals surface area contributed by atoms with Crippen molar-refractivity contribution >= 4 is 17.3 Å². The number of nitrogens with one attached hydrogen (secondary N) is 2. The van der Waals surface area contributed by atoms with E-state index in [1.807, 2.05) is 14.1 Å². The molecule has 7 heteroatoms. The molecule has 1 amide bonds. The summed E-state index contributed by atoms with van der Waals surface area (Å²) in [6.45, 7) is 1.82. The molecule has 2 aromatic rings. The predicted octanol–water partition coefficient (Wildman–Crippen LogP) is 2.71. The molecule has 0 unspecified atom stereocenters. The van der Waals surface area contributed by atoms with Crippen LogP contribution in [-0.2, 0) is 0 Å². The van der Waals surface area contributed by atoms with Crippen molar-refractivity contribution in [3.05, 3.63) is 42.2 Å². The van der Waals surface area contributed by atoms with E-state index in [-0.39, 0.29) is 5.91 Å². The topological polar surface area (TPSA) is 75.7 Å². The lowest BCUT2D eigenvalue weighted by atomic mass is 10.2. The smallest absolute Gasteiger partial charge is 0.257 e. The lowest BCUT2D eigenvalue weighted by Crippen LogP contribution is -2.17. The Morgan fingerprint density at radius 1 is 1.08 bits per heavy atom. The maximum absolute atomic E-state index is 12.5. The standard InChI is InChI=1S/C19H26N4O3/c1-23(2)9-5-8-21-16-10-14(12-20-13-16)19(24)22-15-6-7-17(25-3)18(11-15)26-4/h6-7,10-13,21H,5,8-9H2,1-4H3,(H,22,24). The number of nitrogens with zero attached hydrogens (tertiary/aromatic N) is 2. The summed E-state index contributed by atoms with van der Waals surface area (Å²) in [6, 6.07) is 7.01. The molecule has 0 spiro atoms. The maximum Gasteiger partial charge on any atom is 0.257 e. The van der Waals surface area contributed by atoms with Gasteiger partial charge in [0.25, 0.3) is 5.91 Å². The summed E-state index contributed by atoms with van der Waals surface area (Å²) in [4.78, 5) is 18.8. The fraction of sp³-hybridized carbons (Fsp3) is 0.368. The van der Waals surface area contributed by atoms with E-state index in [0.29, 0.717) is 22.7 Å². The van der Waals surface area contributed by atoms with Crippen LogP contribution in [-0.4, -0.2) is 57.2 Å². The third kappa shape index (κ3) is 5.63.